The lowest BCUT2D eigenvalue weighted by molar-refractivity contribution is 0.0694. The Balaban J connectivity index is 2.81. The highest BCUT2D eigenvalue weighted by atomic mass is 16.5. The summed E-state index contributed by atoms with van der Waals surface area (Å²) in [5, 5.41) is 9.69. The van der Waals surface area contributed by atoms with Gasteiger partial charge in [-0.2, -0.15) is 0 Å². The molecular formula is C12H22N4O2. The number of aliphatic hydroxyl groups is 1. The minimum Gasteiger partial charge on any atom is -0.389 e. The molecule has 0 fully saturated rings. The lowest BCUT2D eigenvalue weighted by atomic mass is 10.2. The summed E-state index contributed by atoms with van der Waals surface area (Å²) in [6.07, 6.45) is -0.557. The number of aromatic nitrogens is 2. The normalized spacial score (nSPS) is 12.8. The van der Waals surface area contributed by atoms with Crippen molar-refractivity contribution in [2.24, 2.45) is 0 Å². The number of anilines is 2. The van der Waals surface area contributed by atoms with Crippen LogP contribution in [0.1, 0.15) is 25.6 Å². The predicted molar refractivity (Wildman–Crippen MR) is 71.7 cm³/mol. The molecule has 3 N–H and O–H groups in total. The second kappa shape index (κ2) is 6.51. The molecule has 1 rings (SSSR count). The van der Waals surface area contributed by atoms with E-state index in [0.29, 0.717) is 30.6 Å². The van der Waals surface area contributed by atoms with Crippen LogP contribution in [0.15, 0.2) is 6.07 Å². The van der Waals surface area contributed by atoms with E-state index < -0.39 is 6.10 Å². The Morgan fingerprint density at radius 1 is 1.44 bits per heavy atom. The highest BCUT2D eigenvalue weighted by Crippen LogP contribution is 2.17. The van der Waals surface area contributed by atoms with Crippen molar-refractivity contribution in [3.63, 3.8) is 0 Å². The Morgan fingerprint density at radius 3 is 2.67 bits per heavy atom. The average molecular weight is 254 g/mol. The number of nitrogen functional groups attached to an aromatic ring is 1. The number of methoxy groups -OCH3 is 1. The molecule has 0 spiro atoms. The van der Waals surface area contributed by atoms with Crippen LogP contribution in [-0.2, 0) is 4.74 Å². The van der Waals surface area contributed by atoms with E-state index in [-0.39, 0.29) is 5.92 Å². The first kappa shape index (κ1) is 14.7. The number of rotatable bonds is 6. The van der Waals surface area contributed by atoms with Gasteiger partial charge in [-0.15, -0.1) is 0 Å². The molecule has 1 unspecified atom stereocenters. The first-order chi connectivity index (χ1) is 8.43. The third-order valence-corrected chi connectivity index (χ3v) is 2.50. The maximum atomic E-state index is 9.69. The van der Waals surface area contributed by atoms with Crippen LogP contribution < -0.4 is 10.6 Å². The summed E-state index contributed by atoms with van der Waals surface area (Å²) in [4.78, 5) is 10.5. The third kappa shape index (κ3) is 4.12. The van der Waals surface area contributed by atoms with Crippen molar-refractivity contribution >= 4 is 11.6 Å². The van der Waals surface area contributed by atoms with Gasteiger partial charge < -0.3 is 20.5 Å². The fraction of sp³-hybridized carbons (Fsp3) is 0.667. The topological polar surface area (TPSA) is 84.5 Å². The summed E-state index contributed by atoms with van der Waals surface area (Å²) in [5.74, 6) is 2.07. The van der Waals surface area contributed by atoms with Crippen molar-refractivity contribution in [1.29, 1.82) is 0 Å². The molecule has 1 aromatic heterocycles. The molecule has 0 aliphatic rings. The van der Waals surface area contributed by atoms with Crippen molar-refractivity contribution in [1.82, 2.24) is 9.97 Å². The smallest absolute Gasteiger partial charge is 0.135 e. The zero-order valence-electron chi connectivity index (χ0n) is 11.4. The number of hydrogen-bond donors (Lipinski definition) is 2. The number of aliphatic hydroxyl groups excluding tert-OH is 1. The van der Waals surface area contributed by atoms with Gasteiger partial charge in [0.05, 0.1) is 12.7 Å². The van der Waals surface area contributed by atoms with Crippen LogP contribution in [0.2, 0.25) is 0 Å². The maximum absolute atomic E-state index is 9.69. The molecule has 102 valence electrons. The lowest BCUT2D eigenvalue weighted by Gasteiger charge is -2.22. The number of hydrogen-bond acceptors (Lipinski definition) is 6. The van der Waals surface area contributed by atoms with Crippen LogP contribution in [0.25, 0.3) is 0 Å². The fourth-order valence-corrected chi connectivity index (χ4v) is 1.58. The van der Waals surface area contributed by atoms with Crippen molar-refractivity contribution in [3.05, 3.63) is 11.9 Å². The molecule has 1 heterocycles. The predicted octanol–water partition coefficient (Wildman–Crippen LogP) is 0.626. The van der Waals surface area contributed by atoms with E-state index in [1.807, 2.05) is 25.8 Å². The Bertz CT molecular complexity index is 384. The second-order valence-corrected chi connectivity index (χ2v) is 4.65. The Labute approximate surface area is 108 Å². The monoisotopic (exact) mass is 254 g/mol. The minimum atomic E-state index is -0.557. The molecule has 0 aliphatic carbocycles. The SMILES string of the molecule is COCC(O)CN(C)c1cc(N)nc(C(C)C)n1. The van der Waals surface area contributed by atoms with E-state index in [1.54, 1.807) is 13.2 Å². The molecule has 0 bridgehead atoms. The molecule has 0 amide bonds. The molecule has 0 aliphatic heterocycles. The molecule has 1 aromatic rings. The van der Waals surface area contributed by atoms with Crippen LogP contribution in [-0.4, -0.2) is 48.5 Å². The van der Waals surface area contributed by atoms with E-state index in [9.17, 15) is 5.11 Å². The molecular weight excluding hydrogens is 232 g/mol. The highest BCUT2D eigenvalue weighted by Gasteiger charge is 2.13. The van der Waals surface area contributed by atoms with E-state index in [4.69, 9.17) is 10.5 Å². The molecule has 0 saturated carbocycles. The van der Waals surface area contributed by atoms with E-state index >= 15 is 0 Å². The van der Waals surface area contributed by atoms with Gasteiger partial charge in [-0.3, -0.25) is 0 Å². The van der Waals surface area contributed by atoms with Crippen LogP contribution in [0.3, 0.4) is 0 Å². The lowest BCUT2D eigenvalue weighted by Crippen LogP contribution is -2.32. The second-order valence-electron chi connectivity index (χ2n) is 4.65. The van der Waals surface area contributed by atoms with Gasteiger partial charge in [-0.25, -0.2) is 9.97 Å². The molecule has 18 heavy (non-hydrogen) atoms. The summed E-state index contributed by atoms with van der Waals surface area (Å²) in [7, 11) is 3.41. The van der Waals surface area contributed by atoms with E-state index in [2.05, 4.69) is 9.97 Å². The summed E-state index contributed by atoms with van der Waals surface area (Å²) < 4.78 is 4.89. The molecule has 0 radical (unpaired) electrons. The average Bonchev–Trinajstić information content (AvgIpc) is 2.28. The molecule has 6 heteroatoms. The maximum Gasteiger partial charge on any atom is 0.135 e. The van der Waals surface area contributed by atoms with Crippen LogP contribution in [0, 0.1) is 0 Å². The van der Waals surface area contributed by atoms with Crippen LogP contribution >= 0.6 is 0 Å². The van der Waals surface area contributed by atoms with E-state index in [1.165, 1.54) is 0 Å². The molecule has 0 aromatic carbocycles. The highest BCUT2D eigenvalue weighted by molar-refractivity contribution is 5.46. The standard InChI is InChI=1S/C12H22N4O2/c1-8(2)12-14-10(13)5-11(15-12)16(3)6-9(17)7-18-4/h5,8-9,17H,6-7H2,1-4H3,(H2,13,14,15). The summed E-state index contributed by atoms with van der Waals surface area (Å²) in [6, 6.07) is 1.70. The summed E-state index contributed by atoms with van der Waals surface area (Å²) >= 11 is 0. The first-order valence-corrected chi connectivity index (χ1v) is 5.96. The number of likely N-dealkylation sites (N-methyl/N-ethyl adjacent to an activating group) is 1. The minimum absolute atomic E-state index is 0.213. The number of nitrogens with two attached hydrogens (primary N) is 1. The van der Waals surface area contributed by atoms with Crippen molar-refractivity contribution in [2.75, 3.05) is 37.9 Å². The van der Waals surface area contributed by atoms with Gasteiger partial charge in [0, 0.05) is 32.7 Å². The summed E-state index contributed by atoms with van der Waals surface area (Å²) in [5.41, 5.74) is 5.76. The molecule has 6 nitrogen and oxygen atoms in total. The number of ether oxygens (including phenoxy) is 1. The van der Waals surface area contributed by atoms with Gasteiger partial charge in [0.25, 0.3) is 0 Å². The Kier molecular flexibility index (Phi) is 5.30. The van der Waals surface area contributed by atoms with Gasteiger partial charge in [-0.05, 0) is 0 Å². The van der Waals surface area contributed by atoms with Crippen molar-refractivity contribution in [2.45, 2.75) is 25.9 Å². The Hall–Kier alpha value is -1.40. The zero-order valence-corrected chi connectivity index (χ0v) is 11.4. The van der Waals surface area contributed by atoms with Crippen LogP contribution in [0.4, 0.5) is 11.6 Å². The van der Waals surface area contributed by atoms with Crippen LogP contribution in [0.5, 0.6) is 0 Å². The molecule has 1 atom stereocenters. The zero-order chi connectivity index (χ0) is 13.7. The Morgan fingerprint density at radius 2 is 2.11 bits per heavy atom. The first-order valence-electron chi connectivity index (χ1n) is 5.96. The van der Waals surface area contributed by atoms with Gasteiger partial charge in [0.1, 0.15) is 17.5 Å². The van der Waals surface area contributed by atoms with Gasteiger partial charge in [0.2, 0.25) is 0 Å². The van der Waals surface area contributed by atoms with Gasteiger partial charge >= 0.3 is 0 Å². The molecule has 0 saturated heterocycles. The largest absolute Gasteiger partial charge is 0.389 e. The third-order valence-electron chi connectivity index (χ3n) is 2.50. The van der Waals surface area contributed by atoms with Crippen molar-refractivity contribution in [3.8, 4) is 0 Å². The quantitative estimate of drug-likeness (QED) is 0.774. The fourth-order valence-electron chi connectivity index (χ4n) is 1.58. The van der Waals surface area contributed by atoms with Gasteiger partial charge in [0.15, 0.2) is 0 Å². The van der Waals surface area contributed by atoms with E-state index in [0.717, 1.165) is 0 Å². The number of nitrogens with zero attached hydrogens (tertiary/aromatic N) is 3. The van der Waals surface area contributed by atoms with Crippen molar-refractivity contribution < 1.29 is 9.84 Å². The van der Waals surface area contributed by atoms with Gasteiger partial charge in [-0.1, -0.05) is 13.8 Å². The summed E-state index contributed by atoms with van der Waals surface area (Å²) in [6.45, 7) is 4.75.